The molecule has 0 spiro atoms. The first-order valence-corrected chi connectivity index (χ1v) is 11.4. The minimum atomic E-state index is -1.49. The summed E-state index contributed by atoms with van der Waals surface area (Å²) < 4.78 is 10.4. The predicted octanol–water partition coefficient (Wildman–Crippen LogP) is 3.55. The number of carboxylic acids is 1. The Labute approximate surface area is 199 Å². The van der Waals surface area contributed by atoms with Crippen LogP contribution in [0.25, 0.3) is 11.1 Å². The minimum absolute atomic E-state index is 0.00230. The molecule has 3 rings (SSSR count). The number of hydrogen-bond donors (Lipinski definition) is 3. The van der Waals surface area contributed by atoms with E-state index in [2.05, 4.69) is 34.9 Å². The molecule has 0 radical (unpaired) electrons. The second kappa shape index (κ2) is 11.2. The van der Waals surface area contributed by atoms with Gasteiger partial charge in [-0.05, 0) is 42.0 Å². The molecule has 2 aromatic carbocycles. The number of alkyl carbamates (subject to hydrolysis) is 1. The monoisotopic (exact) mass is 468 g/mol. The molecule has 2 atom stereocenters. The number of aliphatic carboxylic acids is 1. The van der Waals surface area contributed by atoms with E-state index in [-0.39, 0.29) is 25.0 Å². The zero-order chi connectivity index (χ0) is 24.7. The largest absolute Gasteiger partial charge is 0.479 e. The quantitative estimate of drug-likeness (QED) is 0.435. The average molecular weight is 469 g/mol. The Kier molecular flexibility index (Phi) is 8.28. The third-order valence-corrected chi connectivity index (χ3v) is 6.18. The van der Waals surface area contributed by atoms with Crippen molar-refractivity contribution in [2.45, 2.75) is 38.1 Å². The minimum Gasteiger partial charge on any atom is -0.479 e. The number of nitrogens with one attached hydrogen (secondary N) is 2. The molecule has 182 valence electrons. The molecule has 2 aromatic rings. The van der Waals surface area contributed by atoms with Crippen LogP contribution in [0.4, 0.5) is 4.79 Å². The number of carboxylic acid groups (broad SMARTS) is 1. The molecule has 34 heavy (non-hydrogen) atoms. The fraction of sp³-hybridized carbons (Fsp3) is 0.423. The lowest BCUT2D eigenvalue weighted by atomic mass is 9.98. The number of methoxy groups -OCH3 is 1. The SMILES string of the molecule is COCC(C)(NC(=O)C(C)CCCNC(=O)OCC1c2ccccc2-c2ccccc21)C(=O)O. The van der Waals surface area contributed by atoms with Crippen LogP contribution in [0.5, 0.6) is 0 Å². The molecule has 0 saturated carbocycles. The van der Waals surface area contributed by atoms with Gasteiger partial charge in [0.2, 0.25) is 5.91 Å². The number of carbonyl (C=O) groups excluding carboxylic acids is 2. The van der Waals surface area contributed by atoms with E-state index in [9.17, 15) is 19.5 Å². The maximum Gasteiger partial charge on any atom is 0.407 e. The van der Waals surface area contributed by atoms with Crippen molar-refractivity contribution in [3.05, 3.63) is 59.7 Å². The van der Waals surface area contributed by atoms with E-state index in [0.717, 1.165) is 11.1 Å². The van der Waals surface area contributed by atoms with Gasteiger partial charge in [-0.25, -0.2) is 9.59 Å². The molecule has 3 N–H and O–H groups in total. The van der Waals surface area contributed by atoms with Gasteiger partial charge in [0.25, 0.3) is 0 Å². The molecule has 0 aliphatic heterocycles. The molecule has 2 unspecified atom stereocenters. The number of benzene rings is 2. The van der Waals surface area contributed by atoms with Crippen LogP contribution < -0.4 is 10.6 Å². The standard InChI is InChI=1S/C26H32N2O6/c1-17(23(29)28-26(2,16-33-3)24(30)31)9-8-14-27-25(32)34-15-22-20-12-6-4-10-18(20)19-11-5-7-13-21(19)22/h4-7,10-13,17,22H,8-9,14-16H2,1-3H3,(H,27,32)(H,28,29)(H,30,31). The molecule has 8 nitrogen and oxygen atoms in total. The van der Waals surface area contributed by atoms with E-state index < -0.39 is 23.5 Å². The average Bonchev–Trinajstić information content (AvgIpc) is 3.14. The summed E-state index contributed by atoms with van der Waals surface area (Å²) in [5.74, 6) is -1.95. The number of carbonyl (C=O) groups is 3. The van der Waals surface area contributed by atoms with Crippen molar-refractivity contribution in [3.8, 4) is 11.1 Å². The van der Waals surface area contributed by atoms with Gasteiger partial charge in [-0.1, -0.05) is 55.5 Å². The van der Waals surface area contributed by atoms with Crippen molar-refractivity contribution in [2.75, 3.05) is 26.9 Å². The van der Waals surface area contributed by atoms with E-state index in [0.29, 0.717) is 19.4 Å². The first-order valence-electron chi connectivity index (χ1n) is 11.4. The van der Waals surface area contributed by atoms with Crippen molar-refractivity contribution in [1.82, 2.24) is 10.6 Å². The molecular formula is C26H32N2O6. The van der Waals surface area contributed by atoms with Crippen molar-refractivity contribution < 1.29 is 29.0 Å². The molecule has 0 bridgehead atoms. The molecule has 0 aromatic heterocycles. The molecule has 0 fully saturated rings. The molecule has 1 aliphatic carbocycles. The summed E-state index contributed by atoms with van der Waals surface area (Å²) in [5, 5.41) is 14.6. The summed E-state index contributed by atoms with van der Waals surface area (Å²) in [6.07, 6.45) is 0.530. The highest BCUT2D eigenvalue weighted by Crippen LogP contribution is 2.44. The normalized spacial score (nSPS) is 14.9. The summed E-state index contributed by atoms with van der Waals surface area (Å²) in [7, 11) is 1.38. The van der Waals surface area contributed by atoms with Gasteiger partial charge < -0.3 is 25.2 Å². The van der Waals surface area contributed by atoms with E-state index in [1.165, 1.54) is 25.2 Å². The Bertz CT molecular complexity index is 994. The van der Waals surface area contributed by atoms with Crippen LogP contribution in [0.2, 0.25) is 0 Å². The number of amides is 2. The van der Waals surface area contributed by atoms with Crippen LogP contribution in [-0.4, -0.2) is 55.5 Å². The molecular weight excluding hydrogens is 436 g/mol. The van der Waals surface area contributed by atoms with Gasteiger partial charge in [-0.15, -0.1) is 0 Å². The molecule has 0 saturated heterocycles. The first-order chi connectivity index (χ1) is 16.3. The fourth-order valence-corrected chi connectivity index (χ4v) is 4.21. The third kappa shape index (κ3) is 5.75. The van der Waals surface area contributed by atoms with Crippen molar-refractivity contribution in [1.29, 1.82) is 0 Å². The number of rotatable bonds is 11. The number of fused-ring (bicyclic) bond motifs is 3. The van der Waals surface area contributed by atoms with Crippen LogP contribution >= 0.6 is 0 Å². The summed E-state index contributed by atoms with van der Waals surface area (Å²) >= 11 is 0. The summed E-state index contributed by atoms with van der Waals surface area (Å²) in [4.78, 5) is 36.1. The van der Waals surface area contributed by atoms with Crippen LogP contribution in [0, 0.1) is 5.92 Å². The van der Waals surface area contributed by atoms with Crippen molar-refractivity contribution in [3.63, 3.8) is 0 Å². The van der Waals surface area contributed by atoms with Crippen molar-refractivity contribution >= 4 is 18.0 Å². The van der Waals surface area contributed by atoms with Gasteiger partial charge in [0.05, 0.1) is 6.61 Å². The summed E-state index contributed by atoms with van der Waals surface area (Å²) in [6, 6.07) is 16.3. The molecule has 8 heteroatoms. The lowest BCUT2D eigenvalue weighted by Gasteiger charge is -2.27. The van der Waals surface area contributed by atoms with Crippen LogP contribution in [0.3, 0.4) is 0 Å². The molecule has 2 amide bonds. The van der Waals surface area contributed by atoms with Gasteiger partial charge in [0, 0.05) is 25.5 Å². The first kappa shape index (κ1) is 25.2. The Morgan fingerprint density at radius 1 is 1.06 bits per heavy atom. The number of ether oxygens (including phenoxy) is 2. The highest BCUT2D eigenvalue weighted by atomic mass is 16.5. The van der Waals surface area contributed by atoms with Crippen LogP contribution in [0.1, 0.15) is 43.7 Å². The van der Waals surface area contributed by atoms with E-state index in [1.54, 1.807) is 6.92 Å². The Morgan fingerprint density at radius 2 is 1.65 bits per heavy atom. The van der Waals surface area contributed by atoms with Gasteiger partial charge in [0.15, 0.2) is 5.54 Å². The highest BCUT2D eigenvalue weighted by molar-refractivity contribution is 5.87. The van der Waals surface area contributed by atoms with Crippen molar-refractivity contribution in [2.24, 2.45) is 5.92 Å². The zero-order valence-corrected chi connectivity index (χ0v) is 19.8. The van der Waals surface area contributed by atoms with Gasteiger partial charge in [-0.2, -0.15) is 0 Å². The van der Waals surface area contributed by atoms with Crippen LogP contribution in [-0.2, 0) is 19.1 Å². The molecule has 0 heterocycles. The predicted molar refractivity (Wildman–Crippen MR) is 128 cm³/mol. The van der Waals surface area contributed by atoms with Gasteiger partial charge in [-0.3, -0.25) is 4.79 Å². The van der Waals surface area contributed by atoms with Gasteiger partial charge >= 0.3 is 12.1 Å². The maximum absolute atomic E-state index is 12.4. The van der Waals surface area contributed by atoms with Gasteiger partial charge in [0.1, 0.15) is 6.61 Å². The Hall–Kier alpha value is -3.39. The Balaban J connectivity index is 1.42. The highest BCUT2D eigenvalue weighted by Gasteiger charge is 2.36. The topological polar surface area (TPSA) is 114 Å². The van der Waals surface area contributed by atoms with Crippen LogP contribution in [0.15, 0.2) is 48.5 Å². The Morgan fingerprint density at radius 3 is 2.21 bits per heavy atom. The second-order valence-corrected chi connectivity index (χ2v) is 8.86. The summed E-state index contributed by atoms with van der Waals surface area (Å²) in [6.45, 7) is 3.58. The lowest BCUT2D eigenvalue weighted by Crippen LogP contribution is -2.56. The fourth-order valence-electron chi connectivity index (χ4n) is 4.21. The third-order valence-electron chi connectivity index (χ3n) is 6.18. The van der Waals surface area contributed by atoms with E-state index in [4.69, 9.17) is 9.47 Å². The van der Waals surface area contributed by atoms with E-state index in [1.807, 2.05) is 24.3 Å². The lowest BCUT2D eigenvalue weighted by molar-refractivity contribution is -0.149. The molecule has 1 aliphatic rings. The maximum atomic E-state index is 12.4. The number of hydrogen-bond acceptors (Lipinski definition) is 5. The zero-order valence-electron chi connectivity index (χ0n) is 19.8. The second-order valence-electron chi connectivity index (χ2n) is 8.86. The smallest absolute Gasteiger partial charge is 0.407 e. The summed E-state index contributed by atoms with van der Waals surface area (Å²) in [5.41, 5.74) is 3.16. The van der Waals surface area contributed by atoms with E-state index >= 15 is 0 Å².